The van der Waals surface area contributed by atoms with E-state index < -0.39 is 0 Å². The Morgan fingerprint density at radius 1 is 1.59 bits per heavy atom. The van der Waals surface area contributed by atoms with Crippen molar-refractivity contribution in [3.8, 4) is 6.07 Å². The number of nitrogens with zero attached hydrogens (tertiary/aromatic N) is 2. The number of halogens is 1. The topological polar surface area (TPSA) is 62.3 Å². The molecule has 90 valence electrons. The first-order valence-corrected chi connectivity index (χ1v) is 5.81. The lowest BCUT2D eigenvalue weighted by Crippen LogP contribution is -2.42. The molecule has 1 aromatic rings. The molecule has 1 aliphatic rings. The molecule has 17 heavy (non-hydrogen) atoms. The van der Waals surface area contributed by atoms with Crippen LogP contribution >= 0.6 is 11.6 Å². The number of hydrogen-bond acceptors (Lipinski definition) is 4. The predicted molar refractivity (Wildman–Crippen MR) is 68.2 cm³/mol. The van der Waals surface area contributed by atoms with Crippen LogP contribution in [0.1, 0.15) is 5.56 Å². The lowest BCUT2D eigenvalue weighted by atomic mass is 10.1. The summed E-state index contributed by atoms with van der Waals surface area (Å²) < 4.78 is 5.31. The van der Waals surface area contributed by atoms with Crippen LogP contribution in [0.15, 0.2) is 12.1 Å². The van der Waals surface area contributed by atoms with Crippen LogP contribution in [0.25, 0.3) is 0 Å². The first-order valence-electron chi connectivity index (χ1n) is 5.43. The van der Waals surface area contributed by atoms with Gasteiger partial charge in [-0.25, -0.2) is 0 Å². The molecule has 0 spiro atoms. The van der Waals surface area contributed by atoms with Gasteiger partial charge < -0.3 is 15.4 Å². The van der Waals surface area contributed by atoms with Crippen LogP contribution in [0.2, 0.25) is 5.02 Å². The van der Waals surface area contributed by atoms with Gasteiger partial charge in [-0.3, -0.25) is 0 Å². The number of anilines is 2. The number of nitrogen functional groups attached to an aromatic ring is 1. The summed E-state index contributed by atoms with van der Waals surface area (Å²) in [5, 5.41) is 9.42. The van der Waals surface area contributed by atoms with Crippen LogP contribution in [-0.4, -0.2) is 25.8 Å². The SMILES string of the molecule is Cc1cc(N)c(Cl)cc1N1CCOC(C#N)C1. The minimum absolute atomic E-state index is 0.375. The summed E-state index contributed by atoms with van der Waals surface area (Å²) >= 11 is 6.03. The summed E-state index contributed by atoms with van der Waals surface area (Å²) in [6, 6.07) is 5.84. The highest BCUT2D eigenvalue weighted by Crippen LogP contribution is 2.30. The Kier molecular flexibility index (Phi) is 3.41. The summed E-state index contributed by atoms with van der Waals surface area (Å²) in [6.07, 6.45) is -0.375. The summed E-state index contributed by atoms with van der Waals surface area (Å²) in [6.45, 7) is 3.87. The third kappa shape index (κ3) is 2.46. The molecule has 1 atom stereocenters. The standard InChI is InChI=1S/C12H14ClN3O/c1-8-4-11(15)10(13)5-12(8)16-2-3-17-9(6-14)7-16/h4-5,9H,2-3,7,15H2,1H3. The fraction of sp³-hybridized carbons (Fsp3) is 0.417. The van der Waals surface area contributed by atoms with Crippen LogP contribution < -0.4 is 10.6 Å². The highest BCUT2D eigenvalue weighted by molar-refractivity contribution is 6.33. The smallest absolute Gasteiger partial charge is 0.161 e. The van der Waals surface area contributed by atoms with Gasteiger partial charge in [0.05, 0.1) is 29.9 Å². The van der Waals surface area contributed by atoms with Crippen molar-refractivity contribution in [2.75, 3.05) is 30.3 Å². The fourth-order valence-corrected chi connectivity index (χ4v) is 2.14. The second-order valence-electron chi connectivity index (χ2n) is 4.09. The van der Waals surface area contributed by atoms with Gasteiger partial charge in [-0.15, -0.1) is 0 Å². The first kappa shape index (κ1) is 12.0. The van der Waals surface area contributed by atoms with E-state index in [0.717, 1.165) is 17.8 Å². The maximum Gasteiger partial charge on any atom is 0.161 e. The highest BCUT2D eigenvalue weighted by Gasteiger charge is 2.21. The van der Waals surface area contributed by atoms with E-state index >= 15 is 0 Å². The van der Waals surface area contributed by atoms with E-state index in [9.17, 15) is 0 Å². The van der Waals surface area contributed by atoms with Gasteiger partial charge in [-0.2, -0.15) is 5.26 Å². The average molecular weight is 252 g/mol. The lowest BCUT2D eigenvalue weighted by Gasteiger charge is -2.32. The largest absolute Gasteiger partial charge is 0.398 e. The average Bonchev–Trinajstić information content (AvgIpc) is 2.34. The number of rotatable bonds is 1. The molecule has 1 aromatic carbocycles. The molecule has 1 saturated heterocycles. The molecule has 2 rings (SSSR count). The number of hydrogen-bond donors (Lipinski definition) is 1. The van der Waals surface area contributed by atoms with Crippen LogP contribution in [0.3, 0.4) is 0 Å². The molecule has 0 aliphatic carbocycles. The van der Waals surface area contributed by atoms with E-state index in [1.165, 1.54) is 0 Å². The molecule has 4 nitrogen and oxygen atoms in total. The lowest BCUT2D eigenvalue weighted by molar-refractivity contribution is 0.0764. The maximum absolute atomic E-state index is 8.88. The van der Waals surface area contributed by atoms with Gasteiger partial charge in [0.1, 0.15) is 0 Å². The molecule has 1 fully saturated rings. The number of nitriles is 1. The molecule has 0 bridgehead atoms. The molecular formula is C12H14ClN3O. The minimum Gasteiger partial charge on any atom is -0.398 e. The zero-order chi connectivity index (χ0) is 12.4. The van der Waals surface area contributed by atoms with E-state index in [-0.39, 0.29) is 6.10 Å². The Balaban J connectivity index is 2.28. The van der Waals surface area contributed by atoms with Crippen LogP contribution in [0.5, 0.6) is 0 Å². The van der Waals surface area contributed by atoms with E-state index in [1.807, 2.05) is 19.1 Å². The fourth-order valence-electron chi connectivity index (χ4n) is 1.98. The predicted octanol–water partition coefficient (Wildman–Crippen LogP) is 1.96. The van der Waals surface area contributed by atoms with Crippen LogP contribution in [-0.2, 0) is 4.74 Å². The van der Waals surface area contributed by atoms with E-state index in [4.69, 9.17) is 27.3 Å². The Morgan fingerprint density at radius 2 is 2.35 bits per heavy atom. The Bertz CT molecular complexity index is 470. The molecule has 0 amide bonds. The van der Waals surface area contributed by atoms with Gasteiger partial charge in [0.2, 0.25) is 0 Å². The van der Waals surface area contributed by atoms with Crippen LogP contribution in [0, 0.1) is 18.3 Å². The normalized spacial score (nSPS) is 20.1. The van der Waals surface area contributed by atoms with Crippen LogP contribution in [0.4, 0.5) is 11.4 Å². The molecular weight excluding hydrogens is 238 g/mol. The number of nitrogens with two attached hydrogens (primary N) is 1. The molecule has 0 aromatic heterocycles. The molecule has 1 aliphatic heterocycles. The zero-order valence-corrected chi connectivity index (χ0v) is 10.4. The minimum atomic E-state index is -0.375. The van der Waals surface area contributed by atoms with Crippen molar-refractivity contribution < 1.29 is 4.74 Å². The Morgan fingerprint density at radius 3 is 3.06 bits per heavy atom. The molecule has 0 radical (unpaired) electrons. The number of benzene rings is 1. The first-order chi connectivity index (χ1) is 8.11. The van der Waals surface area contributed by atoms with Gasteiger partial charge in [-0.05, 0) is 24.6 Å². The number of morpholine rings is 1. The van der Waals surface area contributed by atoms with Crippen molar-refractivity contribution in [1.82, 2.24) is 0 Å². The van der Waals surface area contributed by atoms with Crippen molar-refractivity contribution in [3.63, 3.8) is 0 Å². The van der Waals surface area contributed by atoms with Crippen molar-refractivity contribution in [2.45, 2.75) is 13.0 Å². The summed E-state index contributed by atoms with van der Waals surface area (Å²) in [4.78, 5) is 2.11. The zero-order valence-electron chi connectivity index (χ0n) is 9.61. The van der Waals surface area contributed by atoms with Crippen molar-refractivity contribution in [2.24, 2.45) is 0 Å². The van der Waals surface area contributed by atoms with Gasteiger partial charge in [0, 0.05) is 12.2 Å². The molecule has 0 saturated carbocycles. The molecule has 1 unspecified atom stereocenters. The number of aryl methyl sites for hydroxylation is 1. The quantitative estimate of drug-likeness (QED) is 0.775. The third-order valence-corrected chi connectivity index (χ3v) is 3.19. The second kappa shape index (κ2) is 4.82. The van der Waals surface area contributed by atoms with Gasteiger partial charge in [0.15, 0.2) is 6.10 Å². The highest BCUT2D eigenvalue weighted by atomic mass is 35.5. The molecule has 2 N–H and O–H groups in total. The molecule has 1 heterocycles. The maximum atomic E-state index is 8.88. The summed E-state index contributed by atoms with van der Waals surface area (Å²) in [5.41, 5.74) is 8.41. The Labute approximate surface area is 106 Å². The van der Waals surface area contributed by atoms with Crippen molar-refractivity contribution in [1.29, 1.82) is 5.26 Å². The van der Waals surface area contributed by atoms with Gasteiger partial charge >= 0.3 is 0 Å². The van der Waals surface area contributed by atoms with E-state index in [1.54, 1.807) is 0 Å². The Hall–Kier alpha value is -1.44. The number of ether oxygens (including phenoxy) is 1. The van der Waals surface area contributed by atoms with Crippen molar-refractivity contribution in [3.05, 3.63) is 22.7 Å². The molecule has 5 heteroatoms. The van der Waals surface area contributed by atoms with Crippen molar-refractivity contribution >= 4 is 23.0 Å². The second-order valence-corrected chi connectivity index (χ2v) is 4.50. The van der Waals surface area contributed by atoms with E-state index in [0.29, 0.717) is 23.9 Å². The summed E-state index contributed by atoms with van der Waals surface area (Å²) in [7, 11) is 0. The van der Waals surface area contributed by atoms with E-state index in [2.05, 4.69) is 11.0 Å². The summed E-state index contributed by atoms with van der Waals surface area (Å²) in [5.74, 6) is 0. The van der Waals surface area contributed by atoms with Gasteiger partial charge in [-0.1, -0.05) is 11.6 Å². The monoisotopic (exact) mass is 251 g/mol. The third-order valence-electron chi connectivity index (χ3n) is 2.87. The van der Waals surface area contributed by atoms with Gasteiger partial charge in [0.25, 0.3) is 0 Å².